The number of likely N-dealkylation sites (tertiary alicyclic amines) is 1. The minimum absolute atomic E-state index is 0. The van der Waals surface area contributed by atoms with E-state index in [0.717, 1.165) is 38.0 Å². The summed E-state index contributed by atoms with van der Waals surface area (Å²) in [6.45, 7) is 2.69. The summed E-state index contributed by atoms with van der Waals surface area (Å²) in [5, 5.41) is 12.1. The van der Waals surface area contributed by atoms with Gasteiger partial charge in [-0.3, -0.25) is 19.8 Å². The van der Waals surface area contributed by atoms with Crippen LogP contribution in [0.4, 0.5) is 0 Å². The van der Waals surface area contributed by atoms with Crippen molar-refractivity contribution in [3.63, 3.8) is 0 Å². The molecule has 4 rings (SSSR count). The Morgan fingerprint density at radius 1 is 1.06 bits per heavy atom. The van der Waals surface area contributed by atoms with Gasteiger partial charge in [0, 0.05) is 11.3 Å². The van der Waals surface area contributed by atoms with Crippen LogP contribution in [-0.4, -0.2) is 57.2 Å². The van der Waals surface area contributed by atoms with Crippen molar-refractivity contribution in [2.45, 2.75) is 48.2 Å². The molecule has 34 heavy (non-hydrogen) atoms. The fraction of sp³-hybridized carbons (Fsp3) is 0.417. The van der Waals surface area contributed by atoms with Gasteiger partial charge in [0.2, 0.25) is 0 Å². The van der Waals surface area contributed by atoms with Crippen molar-refractivity contribution < 1.29 is 19.4 Å². The average molecular weight is 529 g/mol. The number of nitrogens with zero attached hydrogens (tertiary/aromatic N) is 1. The molecule has 0 bridgehead atoms. The maximum atomic E-state index is 13.1. The second-order valence-corrected chi connectivity index (χ2v) is 9.98. The number of nitrogens with one attached hydrogen (secondary N) is 1. The number of carbonyl (C=O) groups excluding carboxylic acids is 1. The number of ether oxygens (including phenoxy) is 1. The molecule has 10 heteroatoms. The van der Waals surface area contributed by atoms with Crippen LogP contribution < -0.4 is 11.1 Å². The number of carbonyl (C=O) groups is 2. The van der Waals surface area contributed by atoms with Crippen LogP contribution in [0.1, 0.15) is 24.0 Å². The van der Waals surface area contributed by atoms with Gasteiger partial charge in [-0.2, -0.15) is 0 Å². The van der Waals surface area contributed by atoms with Crippen LogP contribution in [0, 0.1) is 0 Å². The Kier molecular flexibility index (Phi) is 10.7. The number of esters is 1. The quantitative estimate of drug-likeness (QED) is 0.472. The third-order valence-electron chi connectivity index (χ3n) is 6.24. The zero-order valence-electron chi connectivity index (χ0n) is 18.7. The zero-order valence-corrected chi connectivity index (χ0v) is 21.1. The van der Waals surface area contributed by atoms with Gasteiger partial charge in [-0.1, -0.05) is 60.7 Å². The number of nitrogens with two attached hydrogens (primary N) is 1. The molecule has 2 aliphatic rings. The van der Waals surface area contributed by atoms with Crippen LogP contribution in [0.15, 0.2) is 60.7 Å². The van der Waals surface area contributed by atoms with E-state index < -0.39 is 28.2 Å². The summed E-state index contributed by atoms with van der Waals surface area (Å²) in [5.74, 6) is -1.43. The molecule has 1 spiro atoms. The maximum Gasteiger partial charge on any atom is 0.324 e. The molecule has 0 saturated carbocycles. The van der Waals surface area contributed by atoms with Crippen LogP contribution in [0.25, 0.3) is 0 Å². The number of aliphatic carboxylic acids is 1. The van der Waals surface area contributed by atoms with Crippen molar-refractivity contribution in [1.82, 2.24) is 10.2 Å². The van der Waals surface area contributed by atoms with Gasteiger partial charge in [-0.25, -0.2) is 0 Å². The van der Waals surface area contributed by atoms with E-state index in [1.54, 1.807) is 0 Å². The topological polar surface area (TPSA) is 105 Å². The van der Waals surface area contributed by atoms with Crippen LogP contribution >= 0.6 is 36.6 Å². The predicted molar refractivity (Wildman–Crippen MR) is 138 cm³/mol. The molecular weight excluding hydrogens is 497 g/mol. The smallest absolute Gasteiger partial charge is 0.324 e. The molecule has 2 heterocycles. The van der Waals surface area contributed by atoms with Crippen LogP contribution in [0.2, 0.25) is 0 Å². The lowest BCUT2D eigenvalue weighted by molar-refractivity contribution is -0.149. The van der Waals surface area contributed by atoms with E-state index in [0.29, 0.717) is 0 Å². The van der Waals surface area contributed by atoms with Gasteiger partial charge in [0.15, 0.2) is 0 Å². The highest BCUT2D eigenvalue weighted by molar-refractivity contribution is 8.01. The molecule has 0 amide bonds. The summed E-state index contributed by atoms with van der Waals surface area (Å²) in [4.78, 5) is 27.0. The molecule has 0 aromatic heterocycles. The van der Waals surface area contributed by atoms with Gasteiger partial charge >= 0.3 is 11.9 Å². The van der Waals surface area contributed by atoms with Crippen molar-refractivity contribution in [3.8, 4) is 0 Å². The summed E-state index contributed by atoms with van der Waals surface area (Å²) >= 11 is 1.49. The Morgan fingerprint density at radius 3 is 2.18 bits per heavy atom. The van der Waals surface area contributed by atoms with Crippen molar-refractivity contribution >= 4 is 48.5 Å². The molecule has 3 atom stereocenters. The van der Waals surface area contributed by atoms with Crippen molar-refractivity contribution in [2.24, 2.45) is 5.73 Å². The molecule has 4 N–H and O–H groups in total. The Balaban J connectivity index is 0.00000204. The molecule has 2 saturated heterocycles. The summed E-state index contributed by atoms with van der Waals surface area (Å²) in [5.41, 5.74) is 8.09. The number of rotatable bonds is 7. The summed E-state index contributed by atoms with van der Waals surface area (Å²) < 4.78 is 5.20. The van der Waals surface area contributed by atoms with Crippen molar-refractivity contribution in [1.29, 1.82) is 0 Å². The predicted octanol–water partition coefficient (Wildman–Crippen LogP) is 3.05. The van der Waals surface area contributed by atoms with Crippen LogP contribution in [0.3, 0.4) is 0 Å². The van der Waals surface area contributed by atoms with E-state index in [-0.39, 0.29) is 37.4 Å². The van der Waals surface area contributed by atoms with E-state index in [1.807, 2.05) is 48.5 Å². The number of benzene rings is 2. The highest BCUT2D eigenvalue weighted by Crippen LogP contribution is 2.47. The van der Waals surface area contributed by atoms with Crippen molar-refractivity contribution in [3.05, 3.63) is 71.8 Å². The molecule has 2 aromatic rings. The molecule has 7 nitrogen and oxygen atoms in total. The fourth-order valence-corrected chi connectivity index (χ4v) is 6.10. The number of hydrogen-bond acceptors (Lipinski definition) is 7. The molecule has 2 aliphatic heterocycles. The van der Waals surface area contributed by atoms with Gasteiger partial charge < -0.3 is 15.6 Å². The van der Waals surface area contributed by atoms with Crippen LogP contribution in [0.5, 0.6) is 0 Å². The molecule has 186 valence electrons. The molecular formula is C24H31Cl2N3O4S. The Bertz CT molecular complexity index is 930. The highest BCUT2D eigenvalue weighted by Gasteiger charge is 2.55. The van der Waals surface area contributed by atoms with Gasteiger partial charge in [-0.15, -0.1) is 36.6 Å². The third-order valence-corrected chi connectivity index (χ3v) is 8.04. The van der Waals surface area contributed by atoms with Crippen LogP contribution in [-0.2, 0) is 27.5 Å². The maximum absolute atomic E-state index is 13.1. The number of hydrogen-bond donors (Lipinski definition) is 3. The van der Waals surface area contributed by atoms with Gasteiger partial charge in [0.25, 0.3) is 0 Å². The second-order valence-electron chi connectivity index (χ2n) is 8.42. The number of thioether (sulfide) groups is 1. The normalized spacial score (nSPS) is 22.3. The van der Waals surface area contributed by atoms with E-state index >= 15 is 0 Å². The molecule has 0 radical (unpaired) electrons. The van der Waals surface area contributed by atoms with Gasteiger partial charge in [0.1, 0.15) is 18.7 Å². The van der Waals surface area contributed by atoms with Gasteiger partial charge in [0.05, 0.1) is 5.37 Å². The number of carboxylic acid groups (broad SMARTS) is 1. The minimum Gasteiger partial charge on any atom is -0.480 e. The standard InChI is InChI=1S/C24H29N3O4S.2ClH/c25-19(22(28)29)21-26-20(23(30)31-16-18-9-5-2-6-10-18)24(32-21)11-13-27(14-12-24)15-17-7-3-1-4-8-17;;/h1-10,19-21,26H,11-16,25H2,(H,28,29);2*1H. The van der Waals surface area contributed by atoms with E-state index in [4.69, 9.17) is 10.5 Å². The van der Waals surface area contributed by atoms with E-state index in [9.17, 15) is 14.7 Å². The summed E-state index contributed by atoms with van der Waals surface area (Å²) in [6.07, 6.45) is 1.51. The summed E-state index contributed by atoms with van der Waals surface area (Å²) in [7, 11) is 0. The Hall–Kier alpha value is -1.81. The van der Waals surface area contributed by atoms with E-state index in [1.165, 1.54) is 17.3 Å². The monoisotopic (exact) mass is 527 g/mol. The first kappa shape index (κ1) is 28.4. The first-order valence-corrected chi connectivity index (χ1v) is 11.7. The highest BCUT2D eigenvalue weighted by atomic mass is 35.5. The zero-order chi connectivity index (χ0) is 22.6. The SMILES string of the molecule is Cl.Cl.NC(C(=O)O)C1NC(C(=O)OCc2ccccc2)C2(CCN(Cc3ccccc3)CC2)S1. The second kappa shape index (κ2) is 12.8. The molecule has 2 aromatic carbocycles. The molecule has 2 fully saturated rings. The Labute approximate surface area is 216 Å². The largest absolute Gasteiger partial charge is 0.480 e. The minimum atomic E-state index is -1.09. The molecule has 3 unspecified atom stereocenters. The average Bonchev–Trinajstić information content (AvgIpc) is 3.19. The Morgan fingerprint density at radius 2 is 1.62 bits per heavy atom. The number of halogens is 2. The lowest BCUT2D eigenvalue weighted by Gasteiger charge is -2.41. The lowest BCUT2D eigenvalue weighted by Crippen LogP contribution is -2.55. The molecule has 0 aliphatic carbocycles. The third kappa shape index (κ3) is 6.65. The van der Waals surface area contributed by atoms with E-state index in [2.05, 4.69) is 22.3 Å². The van der Waals surface area contributed by atoms with Crippen molar-refractivity contribution in [2.75, 3.05) is 13.1 Å². The first-order valence-electron chi connectivity index (χ1n) is 10.9. The summed E-state index contributed by atoms with van der Waals surface area (Å²) in [6, 6.07) is 18.2. The number of carboxylic acids is 1. The fourth-order valence-electron chi connectivity index (χ4n) is 4.41. The number of piperidine rings is 1. The lowest BCUT2D eigenvalue weighted by atomic mass is 9.88. The first-order chi connectivity index (χ1) is 15.5. The van der Waals surface area contributed by atoms with Gasteiger partial charge in [-0.05, 0) is 37.1 Å².